The highest BCUT2D eigenvalue weighted by molar-refractivity contribution is 7.90. The molecule has 10 nitrogen and oxygen atoms in total. The van der Waals surface area contributed by atoms with Crippen LogP contribution in [0.2, 0.25) is 0 Å². The van der Waals surface area contributed by atoms with Gasteiger partial charge in [0.2, 0.25) is 5.89 Å². The molecule has 3 aromatic heterocycles. The van der Waals surface area contributed by atoms with Crippen LogP contribution in [0.4, 0.5) is 18.9 Å². The zero-order valence-corrected chi connectivity index (χ0v) is 19.9. The monoisotopic (exact) mass is 521 g/mol. The van der Waals surface area contributed by atoms with Crippen LogP contribution >= 0.6 is 0 Å². The lowest BCUT2D eigenvalue weighted by Crippen LogP contribution is -2.52. The zero-order chi connectivity index (χ0) is 25.4. The fourth-order valence-corrected chi connectivity index (χ4v) is 5.50. The predicted molar refractivity (Wildman–Crippen MR) is 124 cm³/mol. The second kappa shape index (κ2) is 9.52. The summed E-state index contributed by atoms with van der Waals surface area (Å²) in [6.45, 7) is 1.63. The third-order valence-corrected chi connectivity index (χ3v) is 7.77. The number of rotatable bonds is 7. The minimum atomic E-state index is -3.99. The van der Waals surface area contributed by atoms with Crippen LogP contribution in [0.5, 0.6) is 0 Å². The molecule has 190 valence electrons. The number of aromatic nitrogens is 4. The minimum absolute atomic E-state index is 0.0867. The van der Waals surface area contributed by atoms with Crippen LogP contribution in [0, 0.1) is 5.82 Å². The molecule has 0 spiro atoms. The van der Waals surface area contributed by atoms with Crippen molar-refractivity contribution >= 4 is 21.5 Å². The van der Waals surface area contributed by atoms with E-state index in [1.807, 2.05) is 11.9 Å². The summed E-state index contributed by atoms with van der Waals surface area (Å²) in [7, 11) is -2.07. The molecule has 36 heavy (non-hydrogen) atoms. The Kier molecular flexibility index (Phi) is 6.40. The topological polar surface area (TPSA) is 100 Å². The van der Waals surface area contributed by atoms with Crippen LogP contribution in [-0.2, 0) is 16.8 Å². The Bertz CT molecular complexity index is 1480. The first-order chi connectivity index (χ1) is 17.2. The number of benzene rings is 1. The maximum Gasteiger partial charge on any atom is 0.314 e. The fourth-order valence-electron chi connectivity index (χ4n) is 3.93. The lowest BCUT2D eigenvalue weighted by atomic mass is 10.2. The third-order valence-electron chi connectivity index (χ3n) is 5.85. The molecule has 14 heteroatoms. The van der Waals surface area contributed by atoms with Crippen LogP contribution in [0.25, 0.3) is 17.1 Å². The van der Waals surface area contributed by atoms with Gasteiger partial charge in [-0.15, -0.1) is 10.2 Å². The summed E-state index contributed by atoms with van der Waals surface area (Å²) in [6, 6.07) is 8.54. The van der Waals surface area contributed by atoms with Crippen molar-refractivity contribution in [2.24, 2.45) is 0 Å². The van der Waals surface area contributed by atoms with Crippen molar-refractivity contribution in [1.82, 2.24) is 28.8 Å². The average Bonchev–Trinajstić information content (AvgIpc) is 3.49. The van der Waals surface area contributed by atoms with Crippen molar-refractivity contribution < 1.29 is 26.0 Å². The number of fused-ring (bicyclic) bond motifs is 1. The zero-order valence-electron chi connectivity index (χ0n) is 19.1. The molecule has 4 aromatic rings. The lowest BCUT2D eigenvalue weighted by Gasteiger charge is -2.35. The van der Waals surface area contributed by atoms with Crippen molar-refractivity contribution in [3.05, 3.63) is 66.2 Å². The highest BCUT2D eigenvalue weighted by atomic mass is 32.2. The summed E-state index contributed by atoms with van der Waals surface area (Å²) in [5, 5.41) is 6.97. The van der Waals surface area contributed by atoms with Crippen molar-refractivity contribution in [1.29, 1.82) is 0 Å². The molecular formula is C22H22F3N7O3S. The van der Waals surface area contributed by atoms with Gasteiger partial charge in [0.1, 0.15) is 11.5 Å². The standard InChI is InChI=1S/C22H22F3N7O3S/c1-29-7-9-31(10-8-29)36(33,34)32(18-4-2-3-16(23)12-18)14-17-13-30-6-5-15(11-19(30)26-17)21-27-28-22(35-21)20(24)25/h2-6,11-13,20H,7-10,14H2,1H3. The van der Waals surface area contributed by atoms with E-state index in [0.717, 1.165) is 10.4 Å². The van der Waals surface area contributed by atoms with Crippen LogP contribution in [0.3, 0.4) is 0 Å². The third kappa shape index (κ3) is 4.79. The summed E-state index contributed by atoms with van der Waals surface area (Å²) < 4.78 is 76.0. The van der Waals surface area contributed by atoms with Crippen LogP contribution < -0.4 is 4.31 Å². The van der Waals surface area contributed by atoms with E-state index in [0.29, 0.717) is 43.1 Å². The van der Waals surface area contributed by atoms with Crippen molar-refractivity contribution in [2.45, 2.75) is 13.0 Å². The molecule has 1 fully saturated rings. The summed E-state index contributed by atoms with van der Waals surface area (Å²) in [4.78, 5) is 6.53. The number of anilines is 1. The van der Waals surface area contributed by atoms with E-state index in [-0.39, 0.29) is 18.1 Å². The Balaban J connectivity index is 1.47. The molecule has 0 bridgehead atoms. The normalized spacial score (nSPS) is 15.7. The van der Waals surface area contributed by atoms with E-state index in [4.69, 9.17) is 4.42 Å². The molecule has 5 rings (SSSR count). The Morgan fingerprint density at radius 2 is 1.89 bits per heavy atom. The summed E-state index contributed by atoms with van der Waals surface area (Å²) in [6.07, 6.45) is 0.377. The van der Waals surface area contributed by atoms with Gasteiger partial charge >= 0.3 is 16.6 Å². The maximum absolute atomic E-state index is 14.0. The van der Waals surface area contributed by atoms with Gasteiger partial charge in [-0.1, -0.05) is 6.07 Å². The van der Waals surface area contributed by atoms with Crippen molar-refractivity contribution in [2.75, 3.05) is 37.5 Å². The average molecular weight is 522 g/mol. The van der Waals surface area contributed by atoms with Crippen LogP contribution in [-0.4, -0.2) is 70.4 Å². The molecule has 0 N–H and O–H groups in total. The molecule has 1 aromatic carbocycles. The molecule has 1 aliphatic heterocycles. The molecule has 0 saturated carbocycles. The Labute approximate surface area is 204 Å². The van der Waals surface area contributed by atoms with Crippen LogP contribution in [0.1, 0.15) is 18.0 Å². The molecule has 1 saturated heterocycles. The molecule has 0 aliphatic carbocycles. The number of hydrogen-bond donors (Lipinski definition) is 0. The summed E-state index contributed by atoms with van der Waals surface area (Å²) in [5.74, 6) is -1.43. The van der Waals surface area contributed by atoms with Gasteiger partial charge in [-0.05, 0) is 37.4 Å². The van der Waals surface area contributed by atoms with Gasteiger partial charge in [0, 0.05) is 44.1 Å². The van der Waals surface area contributed by atoms with E-state index in [9.17, 15) is 21.6 Å². The van der Waals surface area contributed by atoms with E-state index in [2.05, 4.69) is 15.2 Å². The minimum Gasteiger partial charge on any atom is -0.415 e. The summed E-state index contributed by atoms with van der Waals surface area (Å²) in [5.41, 5.74) is 1.37. The van der Waals surface area contributed by atoms with Gasteiger partial charge < -0.3 is 13.7 Å². The Morgan fingerprint density at radius 3 is 2.58 bits per heavy atom. The highest BCUT2D eigenvalue weighted by Crippen LogP contribution is 2.27. The molecular weight excluding hydrogens is 499 g/mol. The second-order valence-corrected chi connectivity index (χ2v) is 10.2. The molecule has 0 atom stereocenters. The first-order valence-corrected chi connectivity index (χ1v) is 12.4. The van der Waals surface area contributed by atoms with Gasteiger partial charge in [-0.25, -0.2) is 9.37 Å². The van der Waals surface area contributed by atoms with Crippen molar-refractivity contribution in [3.8, 4) is 11.5 Å². The maximum atomic E-state index is 14.0. The molecule has 0 amide bonds. The van der Waals surface area contributed by atoms with E-state index >= 15 is 0 Å². The van der Waals surface area contributed by atoms with E-state index in [1.165, 1.54) is 22.5 Å². The first-order valence-electron chi connectivity index (χ1n) is 11.0. The second-order valence-electron chi connectivity index (χ2n) is 8.36. The quantitative estimate of drug-likeness (QED) is 0.369. The number of hydrogen-bond acceptors (Lipinski definition) is 7. The van der Waals surface area contributed by atoms with Crippen LogP contribution in [0.15, 0.2) is 53.2 Å². The number of halogens is 3. The fraction of sp³-hybridized carbons (Fsp3) is 0.318. The number of pyridine rings is 1. The van der Waals surface area contributed by atoms with Gasteiger partial charge in [0.25, 0.3) is 5.89 Å². The molecule has 0 radical (unpaired) electrons. The van der Waals surface area contributed by atoms with Crippen molar-refractivity contribution in [3.63, 3.8) is 0 Å². The Morgan fingerprint density at radius 1 is 1.11 bits per heavy atom. The number of likely N-dealkylation sites (N-methyl/N-ethyl adjacent to an activating group) is 1. The van der Waals surface area contributed by atoms with Gasteiger partial charge in [-0.2, -0.15) is 21.5 Å². The Hall–Kier alpha value is -3.49. The molecule has 1 aliphatic rings. The van der Waals surface area contributed by atoms with Gasteiger partial charge in [-0.3, -0.25) is 4.31 Å². The predicted octanol–water partition coefficient (Wildman–Crippen LogP) is 2.96. The molecule has 0 unspecified atom stereocenters. The van der Waals surface area contributed by atoms with Gasteiger partial charge in [0.05, 0.1) is 17.9 Å². The smallest absolute Gasteiger partial charge is 0.314 e. The first kappa shape index (κ1) is 24.2. The summed E-state index contributed by atoms with van der Waals surface area (Å²) >= 11 is 0. The number of nitrogens with zero attached hydrogens (tertiary/aromatic N) is 7. The highest BCUT2D eigenvalue weighted by Gasteiger charge is 2.33. The lowest BCUT2D eigenvalue weighted by molar-refractivity contribution is 0.116. The van der Waals surface area contributed by atoms with E-state index < -0.39 is 28.3 Å². The largest absolute Gasteiger partial charge is 0.415 e. The number of piperazine rings is 1. The molecule has 4 heterocycles. The van der Waals surface area contributed by atoms with E-state index in [1.54, 1.807) is 28.9 Å². The number of alkyl halides is 2. The van der Waals surface area contributed by atoms with Gasteiger partial charge in [0.15, 0.2) is 0 Å². The SMILES string of the molecule is CN1CCN(S(=O)(=O)N(Cc2cn3ccc(-c4nnc(C(F)F)o4)cc3n2)c2cccc(F)c2)CC1. The number of imidazole rings is 1.